The second-order valence-electron chi connectivity index (χ2n) is 4.57. The summed E-state index contributed by atoms with van der Waals surface area (Å²) in [5, 5.41) is 4.81. The zero-order valence-electron chi connectivity index (χ0n) is 14.3. The molecule has 0 aliphatic heterocycles. The first-order valence-corrected chi connectivity index (χ1v) is 10.1. The van der Waals surface area contributed by atoms with Crippen LogP contribution in [0.15, 0.2) is 0 Å². The molecule has 0 saturated carbocycles. The SMILES string of the molecule is COC(=O)CCCSSCCCC(=O)NCNC(=O)OCOC(C)=O. The summed E-state index contributed by atoms with van der Waals surface area (Å²) in [6, 6.07) is 0. The standard InChI is InChI=1S/C14H24N2O7S2/c1-11(17)22-10-23-14(20)16-9-15-12(18)5-3-7-24-25-8-4-6-13(19)21-2/h3-10H2,1-2H3,(H,15,18)(H,16,20). The van der Waals surface area contributed by atoms with Crippen LogP contribution in [0.25, 0.3) is 0 Å². The van der Waals surface area contributed by atoms with Gasteiger partial charge in [-0.3, -0.25) is 14.4 Å². The van der Waals surface area contributed by atoms with Crippen molar-refractivity contribution in [2.75, 3.05) is 32.1 Å². The number of hydrogen-bond donors (Lipinski definition) is 2. The van der Waals surface area contributed by atoms with E-state index in [0.717, 1.165) is 17.9 Å². The molecule has 0 bridgehead atoms. The minimum atomic E-state index is -0.791. The van der Waals surface area contributed by atoms with Gasteiger partial charge in [-0.15, -0.1) is 0 Å². The van der Waals surface area contributed by atoms with E-state index in [1.807, 2.05) is 0 Å². The molecule has 2 amide bonds. The lowest BCUT2D eigenvalue weighted by atomic mass is 10.3. The monoisotopic (exact) mass is 396 g/mol. The summed E-state index contributed by atoms with van der Waals surface area (Å²) in [6.07, 6.45) is 1.45. The number of ether oxygens (including phenoxy) is 3. The third-order valence-corrected chi connectivity index (χ3v) is 5.10. The largest absolute Gasteiger partial charge is 0.469 e. The van der Waals surface area contributed by atoms with Gasteiger partial charge >= 0.3 is 18.0 Å². The number of esters is 2. The van der Waals surface area contributed by atoms with Crippen LogP contribution in [0.3, 0.4) is 0 Å². The highest BCUT2D eigenvalue weighted by molar-refractivity contribution is 8.76. The maximum Gasteiger partial charge on any atom is 0.411 e. The van der Waals surface area contributed by atoms with Gasteiger partial charge in [-0.25, -0.2) is 4.79 Å². The highest BCUT2D eigenvalue weighted by Gasteiger charge is 2.05. The lowest BCUT2D eigenvalue weighted by Crippen LogP contribution is -2.37. The van der Waals surface area contributed by atoms with E-state index < -0.39 is 18.9 Å². The first-order chi connectivity index (χ1) is 12.0. The Hall–Kier alpha value is -1.62. The van der Waals surface area contributed by atoms with E-state index in [0.29, 0.717) is 19.3 Å². The van der Waals surface area contributed by atoms with E-state index in [-0.39, 0.29) is 18.5 Å². The topological polar surface area (TPSA) is 120 Å². The van der Waals surface area contributed by atoms with Crippen LogP contribution in [-0.4, -0.2) is 56.0 Å². The Labute approximate surface area is 154 Å². The smallest absolute Gasteiger partial charge is 0.411 e. The van der Waals surface area contributed by atoms with Gasteiger partial charge in [0.25, 0.3) is 0 Å². The molecule has 0 atom stereocenters. The molecule has 2 N–H and O–H groups in total. The molecular formula is C14H24N2O7S2. The maximum absolute atomic E-state index is 11.5. The van der Waals surface area contributed by atoms with Crippen molar-refractivity contribution >= 4 is 45.5 Å². The number of carbonyl (C=O) groups is 4. The van der Waals surface area contributed by atoms with Crippen LogP contribution in [0.1, 0.15) is 32.6 Å². The zero-order chi connectivity index (χ0) is 18.9. The van der Waals surface area contributed by atoms with Crippen LogP contribution in [0.4, 0.5) is 4.79 Å². The molecule has 11 heteroatoms. The molecule has 0 aliphatic rings. The summed E-state index contributed by atoms with van der Waals surface area (Å²) >= 11 is 0. The van der Waals surface area contributed by atoms with Crippen molar-refractivity contribution in [1.82, 2.24) is 10.6 Å². The highest BCUT2D eigenvalue weighted by Crippen LogP contribution is 2.23. The fourth-order valence-corrected chi connectivity index (χ4v) is 3.48. The molecule has 0 aliphatic carbocycles. The van der Waals surface area contributed by atoms with Crippen molar-refractivity contribution in [3.8, 4) is 0 Å². The van der Waals surface area contributed by atoms with Crippen LogP contribution < -0.4 is 10.6 Å². The average molecular weight is 396 g/mol. The predicted octanol–water partition coefficient (Wildman–Crippen LogP) is 1.42. The van der Waals surface area contributed by atoms with Gasteiger partial charge in [0.05, 0.1) is 13.8 Å². The second kappa shape index (κ2) is 15.9. The van der Waals surface area contributed by atoms with E-state index in [4.69, 9.17) is 0 Å². The Kier molecular flexibility index (Phi) is 14.9. The van der Waals surface area contributed by atoms with E-state index >= 15 is 0 Å². The van der Waals surface area contributed by atoms with Crippen LogP contribution in [0.5, 0.6) is 0 Å². The van der Waals surface area contributed by atoms with Gasteiger partial charge in [0.2, 0.25) is 12.7 Å². The molecule has 0 aromatic rings. The Morgan fingerprint density at radius 3 is 2.16 bits per heavy atom. The quantitative estimate of drug-likeness (QED) is 0.206. The molecule has 0 heterocycles. The lowest BCUT2D eigenvalue weighted by molar-refractivity contribution is -0.149. The van der Waals surface area contributed by atoms with Gasteiger partial charge in [-0.2, -0.15) is 0 Å². The third kappa shape index (κ3) is 17.0. The molecule has 0 unspecified atom stereocenters. The predicted molar refractivity (Wildman–Crippen MR) is 94.7 cm³/mol. The Bertz CT molecular complexity index is 435. The maximum atomic E-state index is 11.5. The molecule has 0 spiro atoms. The third-order valence-electron chi connectivity index (χ3n) is 2.52. The van der Waals surface area contributed by atoms with Crippen molar-refractivity contribution in [2.45, 2.75) is 32.6 Å². The molecule has 0 saturated heterocycles. The minimum Gasteiger partial charge on any atom is -0.469 e. The molecular weight excluding hydrogens is 372 g/mol. The molecule has 25 heavy (non-hydrogen) atoms. The second-order valence-corrected chi connectivity index (χ2v) is 7.27. The van der Waals surface area contributed by atoms with Crippen molar-refractivity contribution in [3.63, 3.8) is 0 Å². The van der Waals surface area contributed by atoms with E-state index in [2.05, 4.69) is 24.8 Å². The van der Waals surface area contributed by atoms with Crippen LogP contribution in [0.2, 0.25) is 0 Å². The fraction of sp³-hybridized carbons (Fsp3) is 0.714. The summed E-state index contributed by atoms with van der Waals surface area (Å²) in [5.74, 6) is 0.725. The number of rotatable bonds is 13. The van der Waals surface area contributed by atoms with Gasteiger partial charge in [0.15, 0.2) is 0 Å². The summed E-state index contributed by atoms with van der Waals surface area (Å²) in [6.45, 7) is 0.664. The molecule has 0 aromatic carbocycles. The minimum absolute atomic E-state index is 0.0623. The van der Waals surface area contributed by atoms with Crippen molar-refractivity contribution in [3.05, 3.63) is 0 Å². The van der Waals surface area contributed by atoms with Crippen LogP contribution >= 0.6 is 21.6 Å². The number of carbonyl (C=O) groups excluding carboxylic acids is 4. The fourth-order valence-electron chi connectivity index (χ4n) is 1.31. The summed E-state index contributed by atoms with van der Waals surface area (Å²) in [4.78, 5) is 44.0. The van der Waals surface area contributed by atoms with E-state index in [9.17, 15) is 19.2 Å². The Morgan fingerprint density at radius 1 is 0.920 bits per heavy atom. The Morgan fingerprint density at radius 2 is 1.56 bits per heavy atom. The molecule has 0 radical (unpaired) electrons. The van der Waals surface area contributed by atoms with Crippen molar-refractivity contribution in [2.24, 2.45) is 0 Å². The normalized spacial score (nSPS) is 9.84. The van der Waals surface area contributed by atoms with Crippen LogP contribution in [0, 0.1) is 0 Å². The van der Waals surface area contributed by atoms with Crippen molar-refractivity contribution in [1.29, 1.82) is 0 Å². The molecule has 9 nitrogen and oxygen atoms in total. The van der Waals surface area contributed by atoms with Crippen LogP contribution in [-0.2, 0) is 28.6 Å². The molecule has 144 valence electrons. The summed E-state index contributed by atoms with van der Waals surface area (Å²) in [7, 11) is 4.68. The van der Waals surface area contributed by atoms with Gasteiger partial charge < -0.3 is 24.8 Å². The van der Waals surface area contributed by atoms with E-state index in [1.165, 1.54) is 14.0 Å². The van der Waals surface area contributed by atoms with Gasteiger partial charge in [-0.05, 0) is 12.8 Å². The average Bonchev–Trinajstić information content (AvgIpc) is 2.56. The molecule has 0 aromatic heterocycles. The van der Waals surface area contributed by atoms with Gasteiger partial charge in [0, 0.05) is 31.3 Å². The summed E-state index contributed by atoms with van der Waals surface area (Å²) < 4.78 is 13.5. The number of nitrogens with one attached hydrogen (secondary N) is 2. The Balaban J connectivity index is 3.40. The number of amides is 2. The number of alkyl carbamates (subject to hydrolysis) is 1. The van der Waals surface area contributed by atoms with Gasteiger partial charge in [-0.1, -0.05) is 21.6 Å². The molecule has 0 rings (SSSR count). The number of methoxy groups -OCH3 is 1. The van der Waals surface area contributed by atoms with E-state index in [1.54, 1.807) is 21.6 Å². The summed E-state index contributed by atoms with van der Waals surface area (Å²) in [5.41, 5.74) is 0. The zero-order valence-corrected chi connectivity index (χ0v) is 16.0. The van der Waals surface area contributed by atoms with Gasteiger partial charge in [0.1, 0.15) is 0 Å². The first-order valence-electron chi connectivity index (χ1n) is 7.57. The molecule has 0 fully saturated rings. The highest BCUT2D eigenvalue weighted by atomic mass is 33.1. The van der Waals surface area contributed by atoms with Crippen molar-refractivity contribution < 1.29 is 33.4 Å². The first kappa shape index (κ1) is 23.4. The lowest BCUT2D eigenvalue weighted by Gasteiger charge is -2.08. The number of hydrogen-bond acceptors (Lipinski definition) is 9.